The van der Waals surface area contributed by atoms with Crippen LogP contribution in [0.5, 0.6) is 0 Å². The second-order valence-electron chi connectivity index (χ2n) is 26.6. The molecule has 84 heavy (non-hydrogen) atoms. The number of aliphatic hydroxyl groups is 12. The molecule has 0 radical (unpaired) electrons. The first-order valence-electron chi connectivity index (χ1n) is 29.7. The van der Waals surface area contributed by atoms with E-state index in [9.17, 15) is 79.0 Å². The number of hydrogen-bond donors (Lipinski definition) is 13. The summed E-state index contributed by atoms with van der Waals surface area (Å²) in [6, 6.07) is 0. The quantitative estimate of drug-likeness (QED) is 0.0565. The maximum absolute atomic E-state index is 13.5. The molecule has 5 heterocycles. The lowest BCUT2D eigenvalue weighted by Crippen LogP contribution is -2.66. The Bertz CT molecular complexity index is 2400. The van der Waals surface area contributed by atoms with Gasteiger partial charge in [0.25, 0.3) is 0 Å². The Morgan fingerprint density at radius 1 is 0.631 bits per heavy atom. The third-order valence-corrected chi connectivity index (χ3v) is 21.3. The molecule has 0 amide bonds. The lowest BCUT2D eigenvalue weighted by Gasteiger charge is -2.60. The summed E-state index contributed by atoms with van der Waals surface area (Å²) in [7, 11) is -4.88. The standard InChI is InChI=1S/C56H92O27S/c1-21(2)22(3)31(57)18-56(9,69)35-11-10-28-27-17-33(30-16-26(83-84(70,71)72)12-14-54(30,7)29(27)13-15-55(28,35)8)78-51-45(68)46(38(61)25(6)77-51)80-53-48(82-50-44(67)42(65)37(60)24(5)76-50)40(63)34(20-74-53)79-52-47(39(62)32(58)19-73-52)81-49-43(66)41(64)36(59)23(4)75-49/h13,21-28,30,32-53,58-69H,10-12,14-20H2,1-9H3,(H,70,71,72). The topological polar surface area (TPSA) is 416 Å². The van der Waals surface area contributed by atoms with Crippen LogP contribution in [0.1, 0.15) is 114 Å². The van der Waals surface area contributed by atoms with Crippen LogP contribution in [0.3, 0.4) is 0 Å². The van der Waals surface area contributed by atoms with Gasteiger partial charge in [-0.15, -0.1) is 0 Å². The van der Waals surface area contributed by atoms with Gasteiger partial charge in [-0.25, -0.2) is 4.18 Å². The van der Waals surface area contributed by atoms with E-state index in [0.717, 1.165) is 12.0 Å². The Hall–Kier alpha value is -1.60. The molecule has 5 aliphatic heterocycles. The van der Waals surface area contributed by atoms with E-state index >= 15 is 0 Å². The van der Waals surface area contributed by atoms with Crippen LogP contribution in [0.15, 0.2) is 11.6 Å². The smallest absolute Gasteiger partial charge is 0.389 e. The summed E-state index contributed by atoms with van der Waals surface area (Å²) in [5, 5.41) is 134. The van der Waals surface area contributed by atoms with Crippen molar-refractivity contribution in [1.82, 2.24) is 0 Å². The summed E-state index contributed by atoms with van der Waals surface area (Å²) in [5.74, 6) is -1.03. The van der Waals surface area contributed by atoms with Crippen LogP contribution in [0.2, 0.25) is 0 Å². The first-order valence-corrected chi connectivity index (χ1v) is 31.1. The second kappa shape index (κ2) is 25.6. The number of rotatable bonds is 17. The van der Waals surface area contributed by atoms with E-state index in [0.29, 0.717) is 25.7 Å². The van der Waals surface area contributed by atoms with Crippen molar-refractivity contribution in [2.24, 2.45) is 46.3 Å². The first-order chi connectivity index (χ1) is 39.2. The highest BCUT2D eigenvalue weighted by Gasteiger charge is 2.64. The minimum atomic E-state index is -4.88. The van der Waals surface area contributed by atoms with E-state index in [1.54, 1.807) is 6.92 Å². The number of Topliss-reactive ketones (excluding diaryl/α,β-unsaturated/α-hetero) is 1. The monoisotopic (exact) mass is 1230 g/mol. The lowest BCUT2D eigenvalue weighted by atomic mass is 9.47. The van der Waals surface area contributed by atoms with Gasteiger partial charge in [0.05, 0.1) is 49.3 Å². The van der Waals surface area contributed by atoms with Gasteiger partial charge >= 0.3 is 10.4 Å². The molecule has 0 aromatic heterocycles. The van der Waals surface area contributed by atoms with Gasteiger partial charge in [-0.3, -0.25) is 9.35 Å². The summed E-state index contributed by atoms with van der Waals surface area (Å²) in [6.45, 7) is 15.0. The predicted molar refractivity (Wildman–Crippen MR) is 284 cm³/mol. The zero-order chi connectivity index (χ0) is 61.6. The number of carbonyl (C=O) groups is 1. The van der Waals surface area contributed by atoms with Gasteiger partial charge in [0.15, 0.2) is 31.5 Å². The molecule has 0 aromatic rings. The van der Waals surface area contributed by atoms with Crippen molar-refractivity contribution < 1.29 is 131 Å². The van der Waals surface area contributed by atoms with E-state index in [1.807, 2.05) is 20.8 Å². The summed E-state index contributed by atoms with van der Waals surface area (Å²) < 4.78 is 100. The molecule has 0 bridgehead atoms. The number of ether oxygens (including phenoxy) is 10. The van der Waals surface area contributed by atoms with Crippen molar-refractivity contribution in [3.05, 3.63) is 11.6 Å². The number of carbonyl (C=O) groups excluding carboxylic acids is 1. The van der Waals surface area contributed by atoms with E-state index in [2.05, 4.69) is 19.9 Å². The van der Waals surface area contributed by atoms with E-state index in [-0.39, 0.29) is 54.6 Å². The van der Waals surface area contributed by atoms with Crippen LogP contribution in [0.25, 0.3) is 0 Å². The molecule has 9 aliphatic rings. The molecular weight excluding hydrogens is 1140 g/mol. The van der Waals surface area contributed by atoms with E-state index in [4.69, 9.17) is 51.6 Å². The average molecular weight is 1230 g/mol. The van der Waals surface area contributed by atoms with Crippen molar-refractivity contribution in [3.8, 4) is 0 Å². The molecule has 9 rings (SSSR count). The van der Waals surface area contributed by atoms with Crippen molar-refractivity contribution in [1.29, 1.82) is 0 Å². The van der Waals surface area contributed by atoms with Crippen molar-refractivity contribution in [3.63, 3.8) is 0 Å². The molecule has 13 N–H and O–H groups in total. The third-order valence-electron chi connectivity index (χ3n) is 20.8. The first kappa shape index (κ1) is 66.8. The molecule has 484 valence electrons. The van der Waals surface area contributed by atoms with Crippen LogP contribution in [0, 0.1) is 46.3 Å². The zero-order valence-electron chi connectivity index (χ0n) is 49.0. The molecule has 28 heteroatoms. The highest BCUT2D eigenvalue weighted by Crippen LogP contribution is 2.67. The number of ketones is 1. The van der Waals surface area contributed by atoms with Crippen LogP contribution < -0.4 is 0 Å². The molecule has 4 aliphatic carbocycles. The number of aliphatic hydroxyl groups excluding tert-OH is 11. The molecule has 5 saturated heterocycles. The molecule has 0 aromatic carbocycles. The Labute approximate surface area is 489 Å². The normalized spacial score (nSPS) is 51.2. The Kier molecular flexibility index (Phi) is 20.4. The maximum atomic E-state index is 13.5. The molecule has 33 unspecified atom stereocenters. The summed E-state index contributed by atoms with van der Waals surface area (Å²) >= 11 is 0. The Balaban J connectivity index is 0.973. The number of allylic oxidation sites excluding steroid dienone is 2. The van der Waals surface area contributed by atoms with Gasteiger partial charge in [0, 0.05) is 12.3 Å². The molecule has 33 atom stereocenters. The summed E-state index contributed by atoms with van der Waals surface area (Å²) in [4.78, 5) is 13.5. The Morgan fingerprint density at radius 2 is 1.15 bits per heavy atom. The second-order valence-corrected chi connectivity index (χ2v) is 27.6. The maximum Gasteiger partial charge on any atom is 0.397 e. The van der Waals surface area contributed by atoms with E-state index in [1.165, 1.54) is 20.8 Å². The fourth-order valence-electron chi connectivity index (χ4n) is 15.4. The highest BCUT2D eigenvalue weighted by molar-refractivity contribution is 7.80. The summed E-state index contributed by atoms with van der Waals surface area (Å²) in [6.07, 6.45) is -34.3. The Morgan fingerprint density at radius 3 is 1.74 bits per heavy atom. The summed E-state index contributed by atoms with van der Waals surface area (Å²) in [5.41, 5.74) is -1.25. The zero-order valence-corrected chi connectivity index (χ0v) is 49.8. The van der Waals surface area contributed by atoms with Crippen molar-refractivity contribution in [2.45, 2.75) is 273 Å². The minimum absolute atomic E-state index is 0.00122. The van der Waals surface area contributed by atoms with Crippen LogP contribution in [-0.2, 0) is 66.7 Å². The van der Waals surface area contributed by atoms with Crippen molar-refractivity contribution >= 4 is 16.2 Å². The van der Waals surface area contributed by atoms with Crippen molar-refractivity contribution in [2.75, 3.05) is 13.2 Å². The van der Waals surface area contributed by atoms with Gasteiger partial charge in [0.2, 0.25) is 0 Å². The molecule has 8 fully saturated rings. The SMILES string of the molecule is CC(C)C(C)C(=O)CC(C)(O)C1CCC2C3CC(OC4OC(C)C(O)C(OC5OCC(OC6OCC(O)C(O)C6OC6OC(C)C(O)C(O)C6O)C(O)C5OC5OC(C)C(O)C(O)C5O)C4O)C4CC(OS(=O)(=O)O)CCC4(C)C3=CCC21C. The molecular formula is C56H92O27S. The van der Waals surface area contributed by atoms with Crippen LogP contribution >= 0.6 is 0 Å². The number of hydrogen-bond acceptors (Lipinski definition) is 26. The van der Waals surface area contributed by atoms with Crippen LogP contribution in [0.4, 0.5) is 0 Å². The minimum Gasteiger partial charge on any atom is -0.389 e. The third kappa shape index (κ3) is 13.0. The largest absolute Gasteiger partial charge is 0.397 e. The van der Waals surface area contributed by atoms with Gasteiger partial charge < -0.3 is 109 Å². The van der Waals surface area contributed by atoms with Gasteiger partial charge in [-0.1, -0.05) is 46.3 Å². The van der Waals surface area contributed by atoms with Gasteiger partial charge in [-0.2, -0.15) is 8.42 Å². The fraction of sp³-hybridized carbons (Fsp3) is 0.946. The molecule has 27 nitrogen and oxygen atoms in total. The van der Waals surface area contributed by atoms with Crippen LogP contribution in [-0.4, -0.2) is 252 Å². The van der Waals surface area contributed by atoms with E-state index < -0.39 is 199 Å². The fourth-order valence-corrected chi connectivity index (χ4v) is 16.0. The lowest BCUT2D eigenvalue weighted by molar-refractivity contribution is -0.394. The highest BCUT2D eigenvalue weighted by atomic mass is 32.3. The van der Waals surface area contributed by atoms with Gasteiger partial charge in [0.1, 0.15) is 97.3 Å². The molecule has 3 saturated carbocycles. The average Bonchev–Trinajstić information content (AvgIpc) is 1.86. The van der Waals surface area contributed by atoms with Gasteiger partial charge in [-0.05, 0) is 113 Å². The molecule has 0 spiro atoms. The number of fused-ring (bicyclic) bond motifs is 5. The predicted octanol–water partition coefficient (Wildman–Crippen LogP) is -1.79.